The van der Waals surface area contributed by atoms with E-state index in [4.69, 9.17) is 8.85 Å². The van der Waals surface area contributed by atoms with Crippen molar-refractivity contribution in [1.82, 2.24) is 0 Å². The van der Waals surface area contributed by atoms with Crippen LogP contribution in [0.4, 0.5) is 4.39 Å². The van der Waals surface area contributed by atoms with Crippen LogP contribution in [0.15, 0.2) is 121 Å². The molecule has 0 unspecified atom stereocenters. The quantitative estimate of drug-likeness (QED) is 0.0952. The number of ketones is 1. The summed E-state index contributed by atoms with van der Waals surface area (Å²) in [5.74, 6) is 0.126. The number of hydrogen-bond acceptors (Lipinski definition) is 3. The van der Waals surface area contributed by atoms with Crippen molar-refractivity contribution in [3.63, 3.8) is 0 Å². The van der Waals surface area contributed by atoms with Crippen LogP contribution >= 0.6 is 0 Å². The van der Waals surface area contributed by atoms with E-state index in [9.17, 15) is 4.79 Å². The average molecular weight is 669 g/mol. The zero-order valence-electron chi connectivity index (χ0n) is 29.4. The summed E-state index contributed by atoms with van der Waals surface area (Å²) in [6.45, 7) is 14.7. The molecule has 0 aliphatic carbocycles. The summed E-state index contributed by atoms with van der Waals surface area (Å²) in [6, 6.07) is 41.5. The summed E-state index contributed by atoms with van der Waals surface area (Å²) in [6.07, 6.45) is 1.90. The molecule has 0 spiro atoms. The molecule has 0 aliphatic rings. The molecule has 0 aromatic heterocycles. The van der Waals surface area contributed by atoms with Crippen molar-refractivity contribution in [2.45, 2.75) is 89.9 Å². The van der Waals surface area contributed by atoms with Gasteiger partial charge in [-0.15, -0.1) is 0 Å². The Morgan fingerprint density at radius 1 is 0.553 bits per heavy atom. The van der Waals surface area contributed by atoms with Crippen LogP contribution in [-0.4, -0.2) is 41.3 Å². The molecule has 0 N–H and O–H groups in total. The fourth-order valence-corrected chi connectivity index (χ4v) is 16.3. The molecule has 0 aliphatic heterocycles. The highest BCUT2D eigenvalue weighted by Crippen LogP contribution is 2.40. The molecule has 4 rings (SSSR count). The third-order valence-electron chi connectivity index (χ3n) is 9.33. The lowest BCUT2D eigenvalue weighted by atomic mass is 9.99. The van der Waals surface area contributed by atoms with Crippen LogP contribution in [0.5, 0.6) is 0 Å². The Balaban J connectivity index is 1.80. The first-order valence-corrected chi connectivity index (χ1v) is 20.8. The predicted octanol–water partition coefficient (Wildman–Crippen LogP) is 8.00. The molecule has 4 aromatic carbocycles. The van der Waals surface area contributed by atoms with E-state index in [1.807, 2.05) is 72.8 Å². The average Bonchev–Trinajstić information content (AvgIpc) is 3.04. The molecule has 4 aromatic rings. The maximum absolute atomic E-state index is 17.9. The second kappa shape index (κ2) is 15.4. The van der Waals surface area contributed by atoms with Crippen molar-refractivity contribution in [3.05, 3.63) is 121 Å². The number of carbonyl (C=O) groups excluding carboxylic acids is 1. The number of Topliss-reactive ketones (excluding diaryl/α,β-unsaturated/α-hetero) is 1. The fraction of sp³-hybridized carbons (Fsp3) is 0.390. The van der Waals surface area contributed by atoms with Crippen molar-refractivity contribution in [2.75, 3.05) is 13.2 Å². The molecule has 0 bridgehead atoms. The Bertz CT molecular complexity index is 1350. The number of unbranched alkanes of at least 4 members (excludes halogenated alkanes) is 1. The first kappa shape index (κ1) is 36.7. The monoisotopic (exact) mass is 668 g/mol. The summed E-state index contributed by atoms with van der Waals surface area (Å²) < 4.78 is 32.3. The van der Waals surface area contributed by atoms with Gasteiger partial charge in [-0.05, 0) is 57.0 Å². The second-order valence-corrected chi connectivity index (χ2v) is 23.6. The van der Waals surface area contributed by atoms with E-state index in [1.165, 1.54) is 0 Å². The number of rotatable bonds is 15. The third-order valence-corrected chi connectivity index (χ3v) is 19.3. The second-order valence-electron chi connectivity index (χ2n) is 15.0. The van der Waals surface area contributed by atoms with Gasteiger partial charge in [-0.25, -0.2) is 4.39 Å². The SMILES string of the molecule is CC(=O)CCCCC(F)(CO[Si](c1ccccc1)(c1ccccc1)C(C)(C)C)CO[Si](c1ccccc1)(c1ccccc1)C(C)(C)C. The largest absolute Gasteiger partial charge is 0.404 e. The normalized spacial score (nSPS) is 13.0. The van der Waals surface area contributed by atoms with Crippen LogP contribution in [0.3, 0.4) is 0 Å². The van der Waals surface area contributed by atoms with Crippen LogP contribution in [-0.2, 0) is 13.6 Å². The molecule has 0 heterocycles. The molecule has 0 atom stereocenters. The maximum atomic E-state index is 17.9. The molecule has 3 nitrogen and oxygen atoms in total. The van der Waals surface area contributed by atoms with Crippen molar-refractivity contribution in [3.8, 4) is 0 Å². The Hall–Kier alpha value is -3.17. The standard InChI is InChI=1S/C41H53FO3Si2/c1-34(43)22-20-21-31-41(42,32-44-46(39(2,3)4,35-23-12-8-13-24-35)36-25-14-9-15-26-36)33-45-47(40(5,6)7,37-27-16-10-17-28-37)38-29-18-11-19-30-38/h8-19,23-30H,20-22,31-33H2,1-7H3. The zero-order valence-corrected chi connectivity index (χ0v) is 31.4. The molecular weight excluding hydrogens is 616 g/mol. The number of alkyl halides is 1. The van der Waals surface area contributed by atoms with Crippen LogP contribution in [0.25, 0.3) is 0 Å². The van der Waals surface area contributed by atoms with Gasteiger partial charge in [-0.3, -0.25) is 0 Å². The first-order chi connectivity index (χ1) is 22.3. The Morgan fingerprint density at radius 2 is 0.851 bits per heavy atom. The number of benzene rings is 4. The zero-order chi connectivity index (χ0) is 34.2. The summed E-state index contributed by atoms with van der Waals surface area (Å²) >= 11 is 0. The molecule has 250 valence electrons. The lowest BCUT2D eigenvalue weighted by molar-refractivity contribution is -0.117. The van der Waals surface area contributed by atoms with Gasteiger partial charge in [0.1, 0.15) is 5.78 Å². The van der Waals surface area contributed by atoms with Crippen molar-refractivity contribution in [2.24, 2.45) is 0 Å². The summed E-state index contributed by atoms with van der Waals surface area (Å²) in [5.41, 5.74) is -1.78. The van der Waals surface area contributed by atoms with E-state index < -0.39 is 22.3 Å². The minimum absolute atomic E-state index is 0.0987. The van der Waals surface area contributed by atoms with Crippen LogP contribution < -0.4 is 20.7 Å². The minimum atomic E-state index is -3.00. The molecule has 47 heavy (non-hydrogen) atoms. The van der Waals surface area contributed by atoms with E-state index in [1.54, 1.807) is 6.92 Å². The molecule has 6 heteroatoms. The van der Waals surface area contributed by atoms with Gasteiger partial charge in [0.05, 0.1) is 13.2 Å². The highest BCUT2D eigenvalue weighted by molar-refractivity contribution is 7.00. The summed E-state index contributed by atoms with van der Waals surface area (Å²) in [5, 5.41) is 3.89. The van der Waals surface area contributed by atoms with Crippen LogP contribution in [0.1, 0.15) is 74.1 Å². The molecule has 0 saturated carbocycles. The van der Waals surface area contributed by atoms with E-state index in [2.05, 4.69) is 90.1 Å². The van der Waals surface area contributed by atoms with E-state index in [-0.39, 0.29) is 35.5 Å². The van der Waals surface area contributed by atoms with Crippen LogP contribution in [0.2, 0.25) is 10.1 Å². The van der Waals surface area contributed by atoms with Gasteiger partial charge in [0.25, 0.3) is 16.6 Å². The fourth-order valence-electron chi connectivity index (χ4n) is 7.00. The molecule has 0 radical (unpaired) electrons. The van der Waals surface area contributed by atoms with Gasteiger partial charge < -0.3 is 13.6 Å². The van der Waals surface area contributed by atoms with Crippen molar-refractivity contribution in [1.29, 1.82) is 0 Å². The topological polar surface area (TPSA) is 35.5 Å². The number of halogens is 1. The highest BCUT2D eigenvalue weighted by atomic mass is 28.4. The lowest BCUT2D eigenvalue weighted by Gasteiger charge is -2.46. The van der Waals surface area contributed by atoms with Gasteiger partial charge in [0.2, 0.25) is 0 Å². The minimum Gasteiger partial charge on any atom is -0.404 e. The van der Waals surface area contributed by atoms with Gasteiger partial charge in [0, 0.05) is 6.42 Å². The van der Waals surface area contributed by atoms with Crippen LogP contribution in [0, 0.1) is 0 Å². The van der Waals surface area contributed by atoms with E-state index in [0.717, 1.165) is 20.7 Å². The van der Waals surface area contributed by atoms with Gasteiger partial charge in [-0.2, -0.15) is 0 Å². The molecule has 0 fully saturated rings. The number of carbonyl (C=O) groups is 1. The highest BCUT2D eigenvalue weighted by Gasteiger charge is 2.54. The predicted molar refractivity (Wildman–Crippen MR) is 200 cm³/mol. The van der Waals surface area contributed by atoms with E-state index in [0.29, 0.717) is 19.3 Å². The van der Waals surface area contributed by atoms with Crippen molar-refractivity contribution < 1.29 is 18.0 Å². The molecule has 0 amide bonds. The Morgan fingerprint density at radius 3 is 1.11 bits per heavy atom. The maximum Gasteiger partial charge on any atom is 0.261 e. The summed E-state index contributed by atoms with van der Waals surface area (Å²) in [4.78, 5) is 11.8. The molecular formula is C41H53FO3Si2. The molecule has 0 saturated heterocycles. The number of hydrogen-bond donors (Lipinski definition) is 0. The smallest absolute Gasteiger partial charge is 0.261 e. The van der Waals surface area contributed by atoms with Gasteiger partial charge in [-0.1, -0.05) is 163 Å². The first-order valence-electron chi connectivity index (χ1n) is 16.9. The lowest BCUT2D eigenvalue weighted by Crippen LogP contribution is -2.69. The Kier molecular flexibility index (Phi) is 12.0. The third kappa shape index (κ3) is 8.29. The van der Waals surface area contributed by atoms with Gasteiger partial charge >= 0.3 is 0 Å². The van der Waals surface area contributed by atoms with Crippen molar-refractivity contribution >= 4 is 43.2 Å². The Labute approximate surface area is 284 Å². The van der Waals surface area contributed by atoms with E-state index >= 15 is 4.39 Å². The summed E-state index contributed by atoms with van der Waals surface area (Å²) in [7, 11) is -6.00. The van der Waals surface area contributed by atoms with Gasteiger partial charge in [0.15, 0.2) is 5.67 Å².